The van der Waals surface area contributed by atoms with Crippen LogP contribution < -0.4 is 4.74 Å². The number of carboxylic acids is 1. The molecule has 2 aromatic rings. The van der Waals surface area contributed by atoms with Crippen LogP contribution >= 0.6 is 0 Å². The third-order valence-corrected chi connectivity index (χ3v) is 2.77. The number of aromatic carboxylic acids is 1. The molecule has 21 heavy (non-hydrogen) atoms. The highest BCUT2D eigenvalue weighted by molar-refractivity contribution is 5.88. The zero-order valence-corrected chi connectivity index (χ0v) is 10.7. The zero-order valence-electron chi connectivity index (χ0n) is 10.7. The normalized spacial score (nSPS) is 10.1. The van der Waals surface area contributed by atoms with Crippen molar-refractivity contribution in [3.8, 4) is 11.5 Å². The van der Waals surface area contributed by atoms with Gasteiger partial charge in [0.25, 0.3) is 0 Å². The number of nitro benzene ring substituents is 1. The van der Waals surface area contributed by atoms with E-state index in [4.69, 9.17) is 9.84 Å². The van der Waals surface area contributed by atoms with Gasteiger partial charge in [-0.25, -0.2) is 4.79 Å². The second-order valence-electron chi connectivity index (χ2n) is 4.11. The SMILES string of the molecule is O=C(O)c1ccc([N+](=O)[O-])c(Oc2ccccc2CO)c1. The van der Waals surface area contributed by atoms with E-state index < -0.39 is 10.9 Å². The molecule has 7 nitrogen and oxygen atoms in total. The molecule has 2 rings (SSSR count). The Morgan fingerprint density at radius 1 is 1.19 bits per heavy atom. The van der Waals surface area contributed by atoms with Crippen molar-refractivity contribution in [3.63, 3.8) is 0 Å². The molecule has 108 valence electrons. The van der Waals surface area contributed by atoms with Crippen LogP contribution in [-0.4, -0.2) is 21.1 Å². The standard InChI is InChI=1S/C14H11NO6/c16-8-10-3-1-2-4-12(10)21-13-7-9(14(17)18)5-6-11(13)15(19)20/h1-7,16H,8H2,(H,17,18). The van der Waals surface area contributed by atoms with Crippen LogP contribution in [0.15, 0.2) is 42.5 Å². The van der Waals surface area contributed by atoms with E-state index in [0.29, 0.717) is 5.56 Å². The second kappa shape index (κ2) is 6.02. The minimum atomic E-state index is -1.22. The lowest BCUT2D eigenvalue weighted by Crippen LogP contribution is -2.00. The van der Waals surface area contributed by atoms with Gasteiger partial charge in [-0.2, -0.15) is 0 Å². The Balaban J connectivity index is 2.48. The van der Waals surface area contributed by atoms with E-state index in [9.17, 15) is 20.0 Å². The van der Waals surface area contributed by atoms with Gasteiger partial charge in [-0.1, -0.05) is 18.2 Å². The summed E-state index contributed by atoms with van der Waals surface area (Å²) >= 11 is 0. The molecule has 0 heterocycles. The number of rotatable bonds is 5. The first-order valence-corrected chi connectivity index (χ1v) is 5.91. The zero-order chi connectivity index (χ0) is 15.4. The van der Waals surface area contributed by atoms with Crippen LogP contribution in [-0.2, 0) is 6.61 Å². The molecular formula is C14H11NO6. The van der Waals surface area contributed by atoms with Crippen molar-refractivity contribution in [1.29, 1.82) is 0 Å². The van der Waals surface area contributed by atoms with Crippen molar-refractivity contribution in [2.45, 2.75) is 6.61 Å². The smallest absolute Gasteiger partial charge is 0.335 e. The molecule has 0 aliphatic heterocycles. The summed E-state index contributed by atoms with van der Waals surface area (Å²) in [5.74, 6) is -1.18. The van der Waals surface area contributed by atoms with Crippen molar-refractivity contribution < 1.29 is 24.7 Å². The Morgan fingerprint density at radius 3 is 2.52 bits per heavy atom. The molecule has 7 heteroatoms. The molecule has 0 unspecified atom stereocenters. The molecule has 0 fully saturated rings. The van der Waals surface area contributed by atoms with Crippen LogP contribution in [0.4, 0.5) is 5.69 Å². The molecule has 0 radical (unpaired) electrons. The van der Waals surface area contributed by atoms with Gasteiger partial charge in [-0.05, 0) is 12.1 Å². The number of carboxylic acid groups (broad SMARTS) is 1. The molecule has 0 aliphatic rings. The monoisotopic (exact) mass is 289 g/mol. The van der Waals surface area contributed by atoms with Gasteiger partial charge < -0.3 is 14.9 Å². The van der Waals surface area contributed by atoms with E-state index in [1.807, 2.05) is 0 Å². The Morgan fingerprint density at radius 2 is 1.90 bits per heavy atom. The third kappa shape index (κ3) is 3.15. The Hall–Kier alpha value is -2.93. The number of hydrogen-bond acceptors (Lipinski definition) is 5. The first kappa shape index (κ1) is 14.5. The first-order valence-electron chi connectivity index (χ1n) is 5.91. The quantitative estimate of drug-likeness (QED) is 0.646. The van der Waals surface area contributed by atoms with Crippen molar-refractivity contribution in [3.05, 3.63) is 63.7 Å². The lowest BCUT2D eigenvalue weighted by Gasteiger charge is -2.10. The van der Waals surface area contributed by atoms with E-state index >= 15 is 0 Å². The summed E-state index contributed by atoms with van der Waals surface area (Å²) in [4.78, 5) is 21.3. The fraction of sp³-hybridized carbons (Fsp3) is 0.0714. The summed E-state index contributed by atoms with van der Waals surface area (Å²) in [6.45, 7) is -0.303. The average Bonchev–Trinajstić information content (AvgIpc) is 2.47. The highest BCUT2D eigenvalue weighted by Crippen LogP contribution is 2.33. The number of aliphatic hydroxyl groups excluding tert-OH is 1. The molecule has 0 amide bonds. The molecule has 0 aromatic heterocycles. The number of nitrogens with zero attached hydrogens (tertiary/aromatic N) is 1. The highest BCUT2D eigenvalue weighted by atomic mass is 16.6. The lowest BCUT2D eigenvalue weighted by molar-refractivity contribution is -0.385. The van der Waals surface area contributed by atoms with Crippen molar-refractivity contribution in [2.75, 3.05) is 0 Å². The predicted octanol–water partition coefficient (Wildman–Crippen LogP) is 2.58. The first-order chi connectivity index (χ1) is 10.0. The van der Waals surface area contributed by atoms with Gasteiger partial charge in [0, 0.05) is 17.7 Å². The minimum absolute atomic E-state index is 0.128. The number of aliphatic hydroxyl groups is 1. The van der Waals surface area contributed by atoms with Gasteiger partial charge in [0.15, 0.2) is 0 Å². The van der Waals surface area contributed by atoms with Gasteiger partial charge in [-0.15, -0.1) is 0 Å². The third-order valence-electron chi connectivity index (χ3n) is 2.77. The Kier molecular flexibility index (Phi) is 4.15. The summed E-state index contributed by atoms with van der Waals surface area (Å²) in [5.41, 5.74) is -0.0441. The van der Waals surface area contributed by atoms with E-state index in [1.54, 1.807) is 18.2 Å². The van der Waals surface area contributed by atoms with Gasteiger partial charge in [-0.3, -0.25) is 10.1 Å². The topological polar surface area (TPSA) is 110 Å². The van der Waals surface area contributed by atoms with E-state index in [0.717, 1.165) is 18.2 Å². The largest absolute Gasteiger partial charge is 0.478 e. The van der Waals surface area contributed by atoms with Crippen molar-refractivity contribution in [2.24, 2.45) is 0 Å². The summed E-state index contributed by atoms with van der Waals surface area (Å²) in [6.07, 6.45) is 0. The Labute approximate surface area is 119 Å². The molecule has 0 saturated carbocycles. The minimum Gasteiger partial charge on any atom is -0.478 e. The van der Waals surface area contributed by atoms with Gasteiger partial charge in [0.1, 0.15) is 5.75 Å². The van der Waals surface area contributed by atoms with Crippen LogP contribution in [0, 0.1) is 10.1 Å². The molecule has 0 spiro atoms. The number of benzene rings is 2. The van der Waals surface area contributed by atoms with Crippen molar-refractivity contribution >= 4 is 11.7 Å². The summed E-state index contributed by atoms with van der Waals surface area (Å²) < 4.78 is 5.42. The molecule has 0 bridgehead atoms. The maximum Gasteiger partial charge on any atom is 0.335 e. The van der Waals surface area contributed by atoms with Gasteiger partial charge >= 0.3 is 11.7 Å². The maximum atomic E-state index is 11.0. The van der Waals surface area contributed by atoms with E-state index in [1.165, 1.54) is 6.07 Å². The number of ether oxygens (including phenoxy) is 1. The summed E-state index contributed by atoms with van der Waals surface area (Å²) in [6, 6.07) is 9.73. The Bertz CT molecular complexity index is 698. The van der Waals surface area contributed by atoms with Crippen LogP contribution in [0.2, 0.25) is 0 Å². The second-order valence-corrected chi connectivity index (χ2v) is 4.11. The predicted molar refractivity (Wildman–Crippen MR) is 72.5 cm³/mol. The van der Waals surface area contributed by atoms with Crippen LogP contribution in [0.5, 0.6) is 11.5 Å². The highest BCUT2D eigenvalue weighted by Gasteiger charge is 2.19. The molecular weight excluding hydrogens is 278 g/mol. The van der Waals surface area contributed by atoms with E-state index in [2.05, 4.69) is 0 Å². The van der Waals surface area contributed by atoms with Crippen LogP contribution in [0.25, 0.3) is 0 Å². The van der Waals surface area contributed by atoms with Crippen LogP contribution in [0.3, 0.4) is 0 Å². The fourth-order valence-electron chi connectivity index (χ4n) is 1.73. The molecule has 2 aromatic carbocycles. The number of hydrogen-bond donors (Lipinski definition) is 2. The number of para-hydroxylation sites is 1. The van der Waals surface area contributed by atoms with Crippen molar-refractivity contribution in [1.82, 2.24) is 0 Å². The molecule has 0 atom stereocenters. The lowest BCUT2D eigenvalue weighted by atomic mass is 10.2. The molecule has 0 saturated heterocycles. The average molecular weight is 289 g/mol. The molecule has 2 N–H and O–H groups in total. The number of nitro groups is 1. The summed E-state index contributed by atoms with van der Waals surface area (Å²) in [7, 11) is 0. The number of carbonyl (C=O) groups is 1. The fourth-order valence-corrected chi connectivity index (χ4v) is 1.73. The van der Waals surface area contributed by atoms with Crippen LogP contribution in [0.1, 0.15) is 15.9 Å². The van der Waals surface area contributed by atoms with E-state index in [-0.39, 0.29) is 29.4 Å². The summed E-state index contributed by atoms with van der Waals surface area (Å²) in [5, 5.41) is 29.1. The maximum absolute atomic E-state index is 11.0. The molecule has 0 aliphatic carbocycles. The van der Waals surface area contributed by atoms with Gasteiger partial charge in [0.05, 0.1) is 17.1 Å². The van der Waals surface area contributed by atoms with Gasteiger partial charge in [0.2, 0.25) is 5.75 Å².